The number of aromatic nitrogens is 2. The summed E-state index contributed by atoms with van der Waals surface area (Å²) in [6.07, 6.45) is -0.129. The Balaban J connectivity index is 2.99. The van der Waals surface area contributed by atoms with Crippen LogP contribution in [0.25, 0.3) is 0 Å². The lowest BCUT2D eigenvalue weighted by Crippen LogP contribution is -2.30. The third kappa shape index (κ3) is 4.51. The van der Waals surface area contributed by atoms with Crippen LogP contribution in [-0.2, 0) is 21.4 Å². The van der Waals surface area contributed by atoms with Crippen LogP contribution in [0.1, 0.15) is 24.7 Å². The average molecular weight is 319 g/mol. The molecule has 0 radical (unpaired) electrons. The van der Waals surface area contributed by atoms with Crippen molar-refractivity contribution in [3.8, 4) is 0 Å². The molecule has 0 amide bonds. The Morgan fingerprint density at radius 1 is 1.43 bits per heavy atom. The molecular formula is C12H21N3O5S. The molecule has 1 rings (SSSR count). The maximum absolute atomic E-state index is 12.3. The van der Waals surface area contributed by atoms with E-state index in [1.54, 1.807) is 20.8 Å². The molecule has 1 heterocycles. The number of aliphatic carboxylic acids is 1. The van der Waals surface area contributed by atoms with Crippen molar-refractivity contribution in [3.63, 3.8) is 0 Å². The molecule has 1 aromatic rings. The summed E-state index contributed by atoms with van der Waals surface area (Å²) in [6, 6.07) is 0. The van der Waals surface area contributed by atoms with Gasteiger partial charge in [0.05, 0.1) is 24.4 Å². The second-order valence-corrected chi connectivity index (χ2v) is 6.71. The van der Waals surface area contributed by atoms with Gasteiger partial charge in [0.1, 0.15) is 4.90 Å². The number of carboxylic acids is 1. The minimum Gasteiger partial charge on any atom is -0.481 e. The van der Waals surface area contributed by atoms with Gasteiger partial charge in [-0.3, -0.25) is 9.48 Å². The van der Waals surface area contributed by atoms with E-state index in [9.17, 15) is 13.2 Å². The number of aliphatic hydroxyl groups excluding tert-OH is 1. The summed E-state index contributed by atoms with van der Waals surface area (Å²) in [7, 11) is -3.74. The molecule has 0 aliphatic carbocycles. The van der Waals surface area contributed by atoms with E-state index in [0.717, 1.165) is 0 Å². The topological polar surface area (TPSA) is 122 Å². The van der Waals surface area contributed by atoms with Gasteiger partial charge in [-0.15, -0.1) is 0 Å². The number of nitrogens with zero attached hydrogens (tertiary/aromatic N) is 2. The molecule has 0 aliphatic rings. The van der Waals surface area contributed by atoms with Gasteiger partial charge in [-0.05, 0) is 19.8 Å². The van der Waals surface area contributed by atoms with Crippen molar-refractivity contribution < 1.29 is 23.4 Å². The summed E-state index contributed by atoms with van der Waals surface area (Å²) in [5.41, 5.74) is 0.722. The summed E-state index contributed by atoms with van der Waals surface area (Å²) in [6.45, 7) is 5.00. The molecule has 8 nitrogen and oxygen atoms in total. The molecule has 3 N–H and O–H groups in total. The van der Waals surface area contributed by atoms with Gasteiger partial charge in [0, 0.05) is 13.2 Å². The Morgan fingerprint density at radius 3 is 2.57 bits per heavy atom. The number of sulfonamides is 1. The van der Waals surface area contributed by atoms with Crippen LogP contribution in [0, 0.1) is 19.8 Å². The van der Waals surface area contributed by atoms with Crippen molar-refractivity contribution >= 4 is 16.0 Å². The van der Waals surface area contributed by atoms with Crippen LogP contribution in [0.3, 0.4) is 0 Å². The molecule has 0 saturated carbocycles. The first-order valence-electron chi connectivity index (χ1n) is 6.55. The highest BCUT2D eigenvalue weighted by Crippen LogP contribution is 2.19. The van der Waals surface area contributed by atoms with Crippen LogP contribution in [0.15, 0.2) is 4.90 Å². The van der Waals surface area contributed by atoms with Gasteiger partial charge in [0.2, 0.25) is 10.0 Å². The van der Waals surface area contributed by atoms with Gasteiger partial charge in [0.15, 0.2) is 0 Å². The second kappa shape index (κ2) is 7.01. The van der Waals surface area contributed by atoms with Crippen molar-refractivity contribution in [2.45, 2.75) is 38.6 Å². The lowest BCUT2D eigenvalue weighted by atomic mass is 10.2. The molecule has 21 heavy (non-hydrogen) atoms. The van der Waals surface area contributed by atoms with Gasteiger partial charge < -0.3 is 10.2 Å². The fraction of sp³-hybridized carbons (Fsp3) is 0.667. The van der Waals surface area contributed by atoms with Crippen LogP contribution < -0.4 is 4.72 Å². The molecule has 1 atom stereocenters. The van der Waals surface area contributed by atoms with Crippen LogP contribution in [0.4, 0.5) is 0 Å². The minimum atomic E-state index is -3.74. The number of aryl methyl sites for hydroxylation is 2. The van der Waals surface area contributed by atoms with E-state index in [1.165, 1.54) is 4.68 Å². The number of hydrogen-bond donors (Lipinski definition) is 3. The zero-order valence-electron chi connectivity index (χ0n) is 12.3. The van der Waals surface area contributed by atoms with Gasteiger partial charge in [-0.1, -0.05) is 6.92 Å². The molecule has 1 unspecified atom stereocenters. The van der Waals surface area contributed by atoms with Crippen LogP contribution >= 0.6 is 0 Å². The standard InChI is InChI=1S/C12H21N3O5S/c1-8(7-16)6-13-21(19,20)12-9(2)14-15(10(12)3)5-4-11(17)18/h8,13,16H,4-7H2,1-3H3,(H,17,18). The number of rotatable bonds is 8. The number of carbonyl (C=O) groups is 1. The Kier molecular flexibility index (Phi) is 5.87. The van der Waals surface area contributed by atoms with Gasteiger partial charge >= 0.3 is 5.97 Å². The first-order chi connectivity index (χ1) is 9.69. The lowest BCUT2D eigenvalue weighted by Gasteiger charge is -2.11. The molecule has 1 aromatic heterocycles. The highest BCUT2D eigenvalue weighted by Gasteiger charge is 2.24. The maximum atomic E-state index is 12.3. The maximum Gasteiger partial charge on any atom is 0.305 e. The Morgan fingerprint density at radius 2 is 2.05 bits per heavy atom. The van der Waals surface area contributed by atoms with E-state index in [4.69, 9.17) is 10.2 Å². The molecule has 0 fully saturated rings. The SMILES string of the molecule is Cc1nn(CCC(=O)O)c(C)c1S(=O)(=O)NCC(C)CO. The number of carboxylic acid groups (broad SMARTS) is 1. The van der Waals surface area contributed by atoms with Gasteiger partial charge in [-0.25, -0.2) is 13.1 Å². The van der Waals surface area contributed by atoms with E-state index < -0.39 is 16.0 Å². The largest absolute Gasteiger partial charge is 0.481 e. The van der Waals surface area contributed by atoms with Gasteiger partial charge in [-0.2, -0.15) is 5.10 Å². The van der Waals surface area contributed by atoms with Crippen LogP contribution in [0.5, 0.6) is 0 Å². The Hall–Kier alpha value is -1.45. The number of aliphatic hydroxyl groups is 1. The predicted molar refractivity (Wildman–Crippen MR) is 75.4 cm³/mol. The first-order valence-corrected chi connectivity index (χ1v) is 8.03. The lowest BCUT2D eigenvalue weighted by molar-refractivity contribution is -0.137. The normalized spacial score (nSPS) is 13.3. The summed E-state index contributed by atoms with van der Waals surface area (Å²) in [4.78, 5) is 10.7. The monoisotopic (exact) mass is 319 g/mol. The third-order valence-electron chi connectivity index (χ3n) is 3.05. The highest BCUT2D eigenvalue weighted by atomic mass is 32.2. The molecule has 120 valence electrons. The number of nitrogens with one attached hydrogen (secondary N) is 1. The zero-order valence-corrected chi connectivity index (χ0v) is 13.1. The van der Waals surface area contributed by atoms with E-state index >= 15 is 0 Å². The summed E-state index contributed by atoms with van der Waals surface area (Å²) in [5, 5.41) is 21.7. The first kappa shape index (κ1) is 17.6. The fourth-order valence-corrected chi connectivity index (χ4v) is 3.45. The van der Waals surface area contributed by atoms with Crippen LogP contribution in [-0.4, -0.2) is 47.5 Å². The third-order valence-corrected chi connectivity index (χ3v) is 4.73. The summed E-state index contributed by atoms with van der Waals surface area (Å²) >= 11 is 0. The van der Waals surface area contributed by atoms with Crippen molar-refractivity contribution in [1.82, 2.24) is 14.5 Å². The molecule has 0 saturated heterocycles. The van der Waals surface area contributed by atoms with Crippen molar-refractivity contribution in [2.24, 2.45) is 5.92 Å². The molecular weight excluding hydrogens is 298 g/mol. The minimum absolute atomic E-state index is 0.0676. The second-order valence-electron chi connectivity index (χ2n) is 5.01. The molecule has 9 heteroatoms. The Bertz CT molecular complexity index is 609. The quantitative estimate of drug-likeness (QED) is 0.614. The average Bonchev–Trinajstić information content (AvgIpc) is 2.68. The van der Waals surface area contributed by atoms with Crippen molar-refractivity contribution in [2.75, 3.05) is 13.2 Å². The van der Waals surface area contributed by atoms with Crippen molar-refractivity contribution in [1.29, 1.82) is 0 Å². The zero-order chi connectivity index (χ0) is 16.2. The summed E-state index contributed by atoms with van der Waals surface area (Å²) < 4.78 is 28.4. The molecule has 0 aliphatic heterocycles. The molecule has 0 spiro atoms. The Labute approximate surface area is 123 Å². The number of hydrogen-bond acceptors (Lipinski definition) is 5. The molecule has 0 bridgehead atoms. The van der Waals surface area contributed by atoms with E-state index in [0.29, 0.717) is 11.4 Å². The van der Waals surface area contributed by atoms with Crippen LogP contribution in [0.2, 0.25) is 0 Å². The fourth-order valence-electron chi connectivity index (χ4n) is 1.88. The highest BCUT2D eigenvalue weighted by molar-refractivity contribution is 7.89. The van der Waals surface area contributed by atoms with E-state index in [2.05, 4.69) is 9.82 Å². The smallest absolute Gasteiger partial charge is 0.305 e. The summed E-state index contributed by atoms with van der Waals surface area (Å²) in [5.74, 6) is -1.16. The van der Waals surface area contributed by atoms with Gasteiger partial charge in [0.25, 0.3) is 0 Å². The molecule has 0 aromatic carbocycles. The van der Waals surface area contributed by atoms with E-state index in [1.807, 2.05) is 0 Å². The predicted octanol–water partition coefficient (Wildman–Crippen LogP) is -0.119. The van der Waals surface area contributed by atoms with E-state index in [-0.39, 0.29) is 36.9 Å². The van der Waals surface area contributed by atoms with Crippen molar-refractivity contribution in [3.05, 3.63) is 11.4 Å².